The summed E-state index contributed by atoms with van der Waals surface area (Å²) in [6, 6.07) is -0.676. The zero-order valence-corrected chi connectivity index (χ0v) is 9.80. The van der Waals surface area contributed by atoms with Gasteiger partial charge in [-0.25, -0.2) is 9.97 Å². The van der Waals surface area contributed by atoms with Crippen molar-refractivity contribution >= 4 is 5.97 Å². The largest absolute Gasteiger partial charge is 0.459 e. The molecule has 0 amide bonds. The molecule has 0 fully saturated rings. The summed E-state index contributed by atoms with van der Waals surface area (Å²) in [6.45, 7) is 5.43. The zero-order valence-electron chi connectivity index (χ0n) is 9.80. The highest BCUT2D eigenvalue weighted by Gasteiger charge is 2.22. The number of hydrogen-bond donors (Lipinski definition) is 1. The van der Waals surface area contributed by atoms with E-state index in [9.17, 15) is 4.79 Å². The van der Waals surface area contributed by atoms with Crippen molar-refractivity contribution in [1.82, 2.24) is 9.97 Å². The summed E-state index contributed by atoms with van der Waals surface area (Å²) in [5.41, 5.74) is 6.03. The van der Waals surface area contributed by atoms with Crippen LogP contribution in [0.4, 0.5) is 0 Å². The van der Waals surface area contributed by atoms with Gasteiger partial charge in [0.15, 0.2) is 0 Å². The predicted octanol–water partition coefficient (Wildman–Crippen LogP) is 0.688. The third kappa shape index (κ3) is 4.35. The van der Waals surface area contributed by atoms with Crippen LogP contribution in [-0.2, 0) is 16.0 Å². The summed E-state index contributed by atoms with van der Waals surface area (Å²) in [5, 5.41) is 0. The van der Waals surface area contributed by atoms with E-state index in [4.69, 9.17) is 10.5 Å². The van der Waals surface area contributed by atoms with Crippen LogP contribution in [-0.4, -0.2) is 27.6 Å². The van der Waals surface area contributed by atoms with Crippen LogP contribution in [0.3, 0.4) is 0 Å². The Labute approximate surface area is 95.0 Å². The molecule has 16 heavy (non-hydrogen) atoms. The van der Waals surface area contributed by atoms with Gasteiger partial charge in [-0.2, -0.15) is 0 Å². The first-order valence-corrected chi connectivity index (χ1v) is 5.11. The molecule has 0 spiro atoms. The van der Waals surface area contributed by atoms with Gasteiger partial charge in [-0.05, 0) is 26.3 Å². The molecule has 2 N–H and O–H groups in total. The van der Waals surface area contributed by atoms with Gasteiger partial charge in [-0.1, -0.05) is 0 Å². The van der Waals surface area contributed by atoms with Crippen molar-refractivity contribution in [3.8, 4) is 0 Å². The number of rotatable bonds is 3. The SMILES string of the molecule is CC(C)(C)OC(=O)C(N)Cc1cncnc1. The minimum absolute atomic E-state index is 0.385. The van der Waals surface area contributed by atoms with Crippen molar-refractivity contribution in [3.63, 3.8) is 0 Å². The first-order valence-electron chi connectivity index (χ1n) is 5.11. The Morgan fingerprint density at radius 1 is 1.44 bits per heavy atom. The van der Waals surface area contributed by atoms with E-state index in [-0.39, 0.29) is 0 Å². The van der Waals surface area contributed by atoms with Crippen molar-refractivity contribution in [2.24, 2.45) is 5.73 Å². The van der Waals surface area contributed by atoms with Crippen LogP contribution in [0.1, 0.15) is 26.3 Å². The normalized spacial score (nSPS) is 13.2. The molecule has 0 saturated heterocycles. The van der Waals surface area contributed by atoms with E-state index < -0.39 is 17.6 Å². The van der Waals surface area contributed by atoms with Crippen LogP contribution in [0.25, 0.3) is 0 Å². The molecule has 0 radical (unpaired) electrons. The molecule has 1 aromatic rings. The van der Waals surface area contributed by atoms with Crippen LogP contribution in [0.2, 0.25) is 0 Å². The number of carbonyl (C=O) groups excluding carboxylic acids is 1. The topological polar surface area (TPSA) is 78.1 Å². The lowest BCUT2D eigenvalue weighted by atomic mass is 10.1. The number of carbonyl (C=O) groups is 1. The van der Waals surface area contributed by atoms with Gasteiger partial charge in [-0.15, -0.1) is 0 Å². The second-order valence-corrected chi connectivity index (χ2v) is 4.59. The number of esters is 1. The van der Waals surface area contributed by atoms with Crippen molar-refractivity contribution in [3.05, 3.63) is 24.3 Å². The van der Waals surface area contributed by atoms with Crippen LogP contribution >= 0.6 is 0 Å². The Morgan fingerprint density at radius 2 is 2.00 bits per heavy atom. The molecule has 5 nitrogen and oxygen atoms in total. The second kappa shape index (κ2) is 5.03. The molecule has 5 heteroatoms. The van der Waals surface area contributed by atoms with Crippen molar-refractivity contribution in [2.45, 2.75) is 38.8 Å². The Bertz CT molecular complexity index is 346. The fourth-order valence-corrected chi connectivity index (χ4v) is 1.15. The smallest absolute Gasteiger partial charge is 0.323 e. The van der Waals surface area contributed by atoms with Gasteiger partial charge in [0.25, 0.3) is 0 Å². The van der Waals surface area contributed by atoms with E-state index in [1.807, 2.05) is 20.8 Å². The summed E-state index contributed by atoms with van der Waals surface area (Å²) >= 11 is 0. The standard InChI is InChI=1S/C11H17N3O2/c1-11(2,3)16-10(15)9(12)4-8-5-13-7-14-6-8/h5-7,9H,4,12H2,1-3H3. The maximum atomic E-state index is 11.6. The van der Waals surface area contributed by atoms with Gasteiger partial charge in [0.2, 0.25) is 0 Å². The molecule has 0 aliphatic heterocycles. The summed E-state index contributed by atoms with van der Waals surface area (Å²) in [5.74, 6) is -0.406. The Kier molecular flexibility index (Phi) is 3.95. The van der Waals surface area contributed by atoms with E-state index in [2.05, 4.69) is 9.97 Å². The number of ether oxygens (including phenoxy) is 1. The number of nitrogens with zero attached hydrogens (tertiary/aromatic N) is 2. The average Bonchev–Trinajstić information content (AvgIpc) is 2.16. The van der Waals surface area contributed by atoms with Gasteiger partial charge in [0.05, 0.1) is 0 Å². The molecule has 0 aromatic carbocycles. The predicted molar refractivity (Wildman–Crippen MR) is 59.6 cm³/mol. The van der Waals surface area contributed by atoms with E-state index in [1.54, 1.807) is 12.4 Å². The highest BCUT2D eigenvalue weighted by Crippen LogP contribution is 2.09. The lowest BCUT2D eigenvalue weighted by molar-refractivity contribution is -0.156. The van der Waals surface area contributed by atoms with E-state index in [0.717, 1.165) is 5.56 Å². The molecule has 0 aliphatic carbocycles. The fraction of sp³-hybridized carbons (Fsp3) is 0.545. The summed E-state index contributed by atoms with van der Waals surface area (Å²) in [7, 11) is 0. The lowest BCUT2D eigenvalue weighted by Crippen LogP contribution is -2.38. The third-order valence-corrected chi connectivity index (χ3v) is 1.78. The molecule has 1 atom stereocenters. The summed E-state index contributed by atoms with van der Waals surface area (Å²) in [4.78, 5) is 19.3. The summed E-state index contributed by atoms with van der Waals surface area (Å²) < 4.78 is 5.17. The molecular formula is C11H17N3O2. The molecule has 0 saturated carbocycles. The molecule has 88 valence electrons. The van der Waals surface area contributed by atoms with E-state index in [0.29, 0.717) is 6.42 Å². The van der Waals surface area contributed by atoms with Gasteiger partial charge >= 0.3 is 5.97 Å². The lowest BCUT2D eigenvalue weighted by Gasteiger charge is -2.22. The average molecular weight is 223 g/mol. The molecule has 0 aliphatic rings. The van der Waals surface area contributed by atoms with E-state index >= 15 is 0 Å². The van der Waals surface area contributed by atoms with Crippen LogP contribution < -0.4 is 5.73 Å². The molecule has 1 unspecified atom stereocenters. The van der Waals surface area contributed by atoms with E-state index in [1.165, 1.54) is 6.33 Å². The quantitative estimate of drug-likeness (QED) is 0.763. The summed E-state index contributed by atoms with van der Waals surface area (Å²) in [6.07, 6.45) is 5.09. The maximum absolute atomic E-state index is 11.6. The fourth-order valence-electron chi connectivity index (χ4n) is 1.15. The van der Waals surface area contributed by atoms with Gasteiger partial charge in [0.1, 0.15) is 18.0 Å². The monoisotopic (exact) mass is 223 g/mol. The minimum Gasteiger partial charge on any atom is -0.459 e. The van der Waals surface area contributed by atoms with Crippen molar-refractivity contribution < 1.29 is 9.53 Å². The van der Waals surface area contributed by atoms with Crippen LogP contribution in [0.15, 0.2) is 18.7 Å². The van der Waals surface area contributed by atoms with Crippen LogP contribution in [0.5, 0.6) is 0 Å². The van der Waals surface area contributed by atoms with Crippen LogP contribution in [0, 0.1) is 0 Å². The maximum Gasteiger partial charge on any atom is 0.323 e. The number of aromatic nitrogens is 2. The molecule has 1 aromatic heterocycles. The van der Waals surface area contributed by atoms with Gasteiger partial charge in [-0.3, -0.25) is 4.79 Å². The number of hydrogen-bond acceptors (Lipinski definition) is 5. The molecular weight excluding hydrogens is 206 g/mol. The minimum atomic E-state index is -0.676. The number of nitrogens with two attached hydrogens (primary N) is 1. The first kappa shape index (κ1) is 12.6. The molecule has 0 bridgehead atoms. The zero-order chi connectivity index (χ0) is 12.2. The highest BCUT2D eigenvalue weighted by atomic mass is 16.6. The third-order valence-electron chi connectivity index (χ3n) is 1.78. The Hall–Kier alpha value is -1.49. The second-order valence-electron chi connectivity index (χ2n) is 4.59. The molecule has 1 heterocycles. The van der Waals surface area contributed by atoms with Gasteiger partial charge < -0.3 is 10.5 Å². The Balaban J connectivity index is 2.53. The Morgan fingerprint density at radius 3 is 2.50 bits per heavy atom. The molecule has 1 rings (SSSR count). The first-order chi connectivity index (χ1) is 7.38. The van der Waals surface area contributed by atoms with Crippen molar-refractivity contribution in [2.75, 3.05) is 0 Å². The van der Waals surface area contributed by atoms with Crippen molar-refractivity contribution in [1.29, 1.82) is 0 Å². The highest BCUT2D eigenvalue weighted by molar-refractivity contribution is 5.76. The van der Waals surface area contributed by atoms with Gasteiger partial charge in [0, 0.05) is 18.8 Å².